The fourth-order valence-corrected chi connectivity index (χ4v) is 5.78. The van der Waals surface area contributed by atoms with Crippen molar-refractivity contribution in [2.45, 2.75) is 24.3 Å². The number of halogens is 1. The molecule has 0 unspecified atom stereocenters. The lowest BCUT2D eigenvalue weighted by molar-refractivity contribution is -0.139. The predicted octanol–water partition coefficient (Wildman–Crippen LogP) is 4.96. The number of allylic oxidation sites excluding steroid dienone is 2. The number of nitrogens with zero attached hydrogens (tertiary/aromatic N) is 2. The summed E-state index contributed by atoms with van der Waals surface area (Å²) in [5, 5.41) is 12.8. The number of thiazole rings is 1. The molecule has 7 heteroatoms. The van der Waals surface area contributed by atoms with Crippen LogP contribution in [0.3, 0.4) is 0 Å². The van der Waals surface area contributed by atoms with Gasteiger partial charge in [0.2, 0.25) is 0 Å². The molecule has 2 aliphatic rings. The number of rotatable bonds is 6. The van der Waals surface area contributed by atoms with Crippen LogP contribution in [0.25, 0.3) is 20.9 Å². The van der Waals surface area contributed by atoms with Crippen LogP contribution in [0.5, 0.6) is 0 Å². The van der Waals surface area contributed by atoms with E-state index >= 15 is 4.39 Å². The number of benzene rings is 2. The number of aliphatic carboxylic acids is 1. The summed E-state index contributed by atoms with van der Waals surface area (Å²) in [5.74, 6) is -0.963. The first-order chi connectivity index (χ1) is 16.5. The minimum atomic E-state index is -0.830. The molecule has 0 amide bonds. The Morgan fingerprint density at radius 1 is 1.12 bits per heavy atom. The van der Waals surface area contributed by atoms with Crippen molar-refractivity contribution < 1.29 is 14.3 Å². The highest BCUT2D eigenvalue weighted by atomic mass is 32.1. The molecule has 6 rings (SSSR count). The Balaban J connectivity index is 1.25. The van der Waals surface area contributed by atoms with Crippen LogP contribution in [0.2, 0.25) is 0 Å². The molecule has 3 heterocycles. The quantitative estimate of drug-likeness (QED) is 0.389. The average Bonchev–Trinajstić information content (AvgIpc) is 3.32. The van der Waals surface area contributed by atoms with E-state index < -0.39 is 12.0 Å². The Labute approximate surface area is 200 Å². The Morgan fingerprint density at radius 2 is 1.94 bits per heavy atom. The molecule has 0 saturated carbocycles. The Bertz CT molecular complexity index is 1430. The van der Waals surface area contributed by atoms with Crippen molar-refractivity contribution in [3.63, 3.8) is 0 Å². The zero-order valence-corrected chi connectivity index (χ0v) is 19.1. The second-order valence-corrected chi connectivity index (χ2v) is 10.0. The van der Waals surface area contributed by atoms with E-state index in [1.807, 2.05) is 36.4 Å². The molecule has 2 aromatic carbocycles. The number of carboxylic acids is 1. The van der Waals surface area contributed by atoms with Gasteiger partial charge in [0.1, 0.15) is 27.2 Å². The molecule has 1 fully saturated rings. The molecule has 170 valence electrons. The van der Waals surface area contributed by atoms with Gasteiger partial charge in [-0.2, -0.15) is 0 Å². The van der Waals surface area contributed by atoms with Gasteiger partial charge < -0.3 is 10.4 Å². The van der Waals surface area contributed by atoms with Crippen molar-refractivity contribution in [1.29, 1.82) is 0 Å². The van der Waals surface area contributed by atoms with Crippen LogP contribution in [0.1, 0.15) is 23.2 Å². The van der Waals surface area contributed by atoms with Gasteiger partial charge in [0.25, 0.3) is 0 Å². The maximum atomic E-state index is 15.1. The van der Waals surface area contributed by atoms with E-state index in [1.54, 1.807) is 12.1 Å². The van der Waals surface area contributed by atoms with Crippen LogP contribution in [0.15, 0.2) is 72.8 Å². The fraction of sp³-hybridized carbons (Fsp3) is 0.222. The molecule has 2 atom stereocenters. The van der Waals surface area contributed by atoms with E-state index in [2.05, 4.69) is 34.6 Å². The van der Waals surface area contributed by atoms with Gasteiger partial charge in [-0.25, -0.2) is 14.4 Å². The number of hydrogen-bond acceptors (Lipinski definition) is 5. The first-order valence-corrected chi connectivity index (χ1v) is 12.1. The summed E-state index contributed by atoms with van der Waals surface area (Å²) >= 11 is 1.39. The molecule has 0 radical (unpaired) electrons. The van der Waals surface area contributed by atoms with Gasteiger partial charge in [0.15, 0.2) is 0 Å². The van der Waals surface area contributed by atoms with E-state index in [4.69, 9.17) is 10.1 Å². The van der Waals surface area contributed by atoms with Crippen LogP contribution >= 0.6 is 11.3 Å². The fourth-order valence-electron chi connectivity index (χ4n) is 4.82. The Hall–Kier alpha value is -3.42. The molecule has 1 saturated heterocycles. The molecule has 2 N–H and O–H groups in total. The molecule has 4 aromatic rings. The number of aromatic nitrogens is 2. The van der Waals surface area contributed by atoms with Gasteiger partial charge in [-0.1, -0.05) is 59.9 Å². The second kappa shape index (κ2) is 8.11. The highest BCUT2D eigenvalue weighted by Crippen LogP contribution is 2.45. The second-order valence-electron chi connectivity index (χ2n) is 9.03. The topological polar surface area (TPSA) is 75.1 Å². The predicted molar refractivity (Wildman–Crippen MR) is 130 cm³/mol. The third-order valence-electron chi connectivity index (χ3n) is 6.74. The van der Waals surface area contributed by atoms with Gasteiger partial charge in [-0.15, -0.1) is 0 Å². The number of pyridine rings is 1. The zero-order chi connectivity index (χ0) is 23.3. The maximum absolute atomic E-state index is 15.1. The van der Waals surface area contributed by atoms with Gasteiger partial charge in [0, 0.05) is 5.56 Å². The maximum Gasteiger partial charge on any atom is 0.320 e. The number of carboxylic acid groups (broad SMARTS) is 1. The molecular weight excluding hydrogens is 449 g/mol. The Morgan fingerprint density at radius 3 is 2.65 bits per heavy atom. The monoisotopic (exact) mass is 471 g/mol. The number of hydrogen-bond donors (Lipinski definition) is 2. The zero-order valence-electron chi connectivity index (χ0n) is 18.2. The lowest BCUT2D eigenvalue weighted by Crippen LogP contribution is -2.29. The van der Waals surface area contributed by atoms with Crippen LogP contribution in [-0.4, -0.2) is 33.6 Å². The summed E-state index contributed by atoms with van der Waals surface area (Å²) in [6.45, 7) is 0.630. The molecule has 1 aliphatic carbocycles. The molecular formula is C27H22FN3O2S. The highest BCUT2D eigenvalue weighted by Gasteiger charge is 2.39. The summed E-state index contributed by atoms with van der Waals surface area (Å²) in [5.41, 5.74) is 3.95. The number of fused-ring (bicyclic) bond motifs is 1. The summed E-state index contributed by atoms with van der Waals surface area (Å²) in [7, 11) is 0. The van der Waals surface area contributed by atoms with Crippen molar-refractivity contribution in [1.82, 2.24) is 15.3 Å². The number of nitrogens with one attached hydrogen (secondary N) is 1. The van der Waals surface area contributed by atoms with Crippen molar-refractivity contribution in [2.24, 2.45) is 5.92 Å². The van der Waals surface area contributed by atoms with Gasteiger partial charge in [-0.05, 0) is 60.7 Å². The Kier molecular flexibility index (Phi) is 5.04. The lowest BCUT2D eigenvalue weighted by atomic mass is 9.89. The van der Waals surface area contributed by atoms with Crippen molar-refractivity contribution in [2.75, 3.05) is 6.54 Å². The third-order valence-corrected chi connectivity index (χ3v) is 7.74. The van der Waals surface area contributed by atoms with Crippen molar-refractivity contribution in [3.8, 4) is 10.6 Å². The van der Waals surface area contributed by atoms with E-state index in [0.29, 0.717) is 30.0 Å². The molecule has 5 nitrogen and oxygen atoms in total. The molecule has 0 bridgehead atoms. The minimum absolute atomic E-state index is 0.185. The summed E-state index contributed by atoms with van der Waals surface area (Å²) < 4.78 is 15.1. The SMILES string of the molecule is O=C(O)[C@@H]1C[C@@H](Cc2ccc(-c3nc4ccc(C5(c6ccccc6)C=C5)nc4s3)c(F)c2)CN1. The molecule has 2 aromatic heterocycles. The largest absolute Gasteiger partial charge is 0.480 e. The summed E-state index contributed by atoms with van der Waals surface area (Å²) in [6.07, 6.45) is 5.50. The van der Waals surface area contributed by atoms with Crippen LogP contribution < -0.4 is 5.32 Å². The average molecular weight is 472 g/mol. The van der Waals surface area contributed by atoms with E-state index in [-0.39, 0.29) is 17.2 Å². The number of carbonyl (C=O) groups is 1. The molecule has 0 spiro atoms. The minimum Gasteiger partial charge on any atom is -0.480 e. The standard InChI is InChI=1S/C27H22FN3O2S/c28-20-13-16(12-17-14-22(26(32)33)29-15-17)6-7-19(20)24-30-21-8-9-23(31-25(21)34-24)27(10-11-27)18-4-2-1-3-5-18/h1-11,13,17,22,29H,12,14-15H2,(H,32,33)/t17-,22+/m1/s1. The van der Waals surface area contributed by atoms with E-state index in [0.717, 1.165) is 21.6 Å². The highest BCUT2D eigenvalue weighted by molar-refractivity contribution is 7.21. The van der Waals surface area contributed by atoms with Crippen molar-refractivity contribution >= 4 is 27.7 Å². The van der Waals surface area contributed by atoms with Gasteiger partial charge >= 0.3 is 5.97 Å². The van der Waals surface area contributed by atoms with Crippen LogP contribution in [-0.2, 0) is 16.6 Å². The van der Waals surface area contributed by atoms with Gasteiger partial charge in [-0.3, -0.25) is 4.79 Å². The smallest absolute Gasteiger partial charge is 0.320 e. The summed E-state index contributed by atoms with van der Waals surface area (Å²) in [4.78, 5) is 21.5. The van der Waals surface area contributed by atoms with Gasteiger partial charge in [0.05, 0.1) is 11.1 Å². The first kappa shape index (κ1) is 21.1. The van der Waals surface area contributed by atoms with E-state index in [9.17, 15) is 4.79 Å². The third kappa shape index (κ3) is 3.71. The first-order valence-electron chi connectivity index (χ1n) is 11.3. The molecule has 1 aliphatic heterocycles. The normalized spacial score (nSPS) is 20.6. The summed E-state index contributed by atoms with van der Waals surface area (Å²) in [6, 6.07) is 18.9. The lowest BCUT2D eigenvalue weighted by Gasteiger charge is -2.15. The van der Waals surface area contributed by atoms with Crippen LogP contribution in [0, 0.1) is 11.7 Å². The van der Waals surface area contributed by atoms with Crippen molar-refractivity contribution in [3.05, 3.63) is 95.5 Å². The molecule has 34 heavy (non-hydrogen) atoms. The van der Waals surface area contributed by atoms with Crippen LogP contribution in [0.4, 0.5) is 4.39 Å². The van der Waals surface area contributed by atoms with E-state index in [1.165, 1.54) is 16.9 Å².